The van der Waals surface area contributed by atoms with Gasteiger partial charge in [-0.25, -0.2) is 0 Å². The molecular formula is C19H28N4O3. The molecule has 0 spiro atoms. The normalized spacial score (nSPS) is 13.5. The SMILES string of the molecule is CCOc1ccc(C(=O)NC(c2nc(CC(C)NC)no2)C(C)C)cc1. The van der Waals surface area contributed by atoms with E-state index in [4.69, 9.17) is 9.26 Å². The quantitative estimate of drug-likeness (QED) is 0.715. The number of nitrogens with one attached hydrogen (secondary N) is 2. The van der Waals surface area contributed by atoms with Crippen molar-refractivity contribution in [1.29, 1.82) is 0 Å². The van der Waals surface area contributed by atoms with Crippen LogP contribution >= 0.6 is 0 Å². The van der Waals surface area contributed by atoms with Gasteiger partial charge in [-0.05, 0) is 51.1 Å². The van der Waals surface area contributed by atoms with Crippen molar-refractivity contribution >= 4 is 5.91 Å². The van der Waals surface area contributed by atoms with Gasteiger partial charge >= 0.3 is 0 Å². The lowest BCUT2D eigenvalue weighted by molar-refractivity contribution is 0.0914. The standard InChI is InChI=1S/C19H28N4O3/c1-6-25-15-9-7-14(8-10-15)18(24)22-17(12(2)3)19-21-16(23-26-19)11-13(4)20-5/h7-10,12-13,17,20H,6,11H2,1-5H3,(H,22,24). The zero-order valence-electron chi connectivity index (χ0n) is 16.1. The molecule has 26 heavy (non-hydrogen) atoms. The number of benzene rings is 1. The Bertz CT molecular complexity index is 697. The van der Waals surface area contributed by atoms with Gasteiger partial charge in [-0.15, -0.1) is 0 Å². The van der Waals surface area contributed by atoms with E-state index < -0.39 is 0 Å². The first-order chi connectivity index (χ1) is 12.4. The van der Waals surface area contributed by atoms with Crippen LogP contribution in [-0.2, 0) is 6.42 Å². The minimum Gasteiger partial charge on any atom is -0.494 e. The minimum absolute atomic E-state index is 0.108. The predicted octanol–water partition coefficient (Wildman–Crippen LogP) is 2.75. The highest BCUT2D eigenvalue weighted by atomic mass is 16.5. The van der Waals surface area contributed by atoms with E-state index in [0.717, 1.165) is 5.75 Å². The van der Waals surface area contributed by atoms with Crippen molar-refractivity contribution in [2.45, 2.75) is 46.2 Å². The van der Waals surface area contributed by atoms with Gasteiger partial charge in [0.05, 0.1) is 6.61 Å². The van der Waals surface area contributed by atoms with Crippen molar-refractivity contribution in [3.8, 4) is 5.75 Å². The Morgan fingerprint density at radius 2 is 1.92 bits per heavy atom. The van der Waals surface area contributed by atoms with E-state index in [1.165, 1.54) is 0 Å². The molecule has 2 aromatic rings. The summed E-state index contributed by atoms with van der Waals surface area (Å²) < 4.78 is 10.8. The molecule has 1 heterocycles. The Kier molecular flexibility index (Phi) is 7.15. The minimum atomic E-state index is -0.347. The van der Waals surface area contributed by atoms with E-state index >= 15 is 0 Å². The molecule has 7 heteroatoms. The molecule has 0 aliphatic heterocycles. The van der Waals surface area contributed by atoms with Gasteiger partial charge < -0.3 is 19.9 Å². The lowest BCUT2D eigenvalue weighted by atomic mass is 10.0. The number of carbonyl (C=O) groups is 1. The summed E-state index contributed by atoms with van der Waals surface area (Å²) in [5.41, 5.74) is 0.558. The van der Waals surface area contributed by atoms with Gasteiger partial charge in [-0.2, -0.15) is 4.98 Å². The van der Waals surface area contributed by atoms with Crippen LogP contribution < -0.4 is 15.4 Å². The maximum atomic E-state index is 12.6. The highest BCUT2D eigenvalue weighted by molar-refractivity contribution is 5.94. The molecule has 142 valence electrons. The van der Waals surface area contributed by atoms with E-state index in [9.17, 15) is 4.79 Å². The summed E-state index contributed by atoms with van der Waals surface area (Å²) in [4.78, 5) is 17.0. The summed E-state index contributed by atoms with van der Waals surface area (Å²) in [7, 11) is 1.89. The molecule has 0 saturated heterocycles. The predicted molar refractivity (Wildman–Crippen MR) is 99.2 cm³/mol. The summed E-state index contributed by atoms with van der Waals surface area (Å²) in [6, 6.07) is 6.95. The molecule has 2 atom stereocenters. The number of amides is 1. The summed E-state index contributed by atoms with van der Waals surface area (Å²) in [5.74, 6) is 1.72. The smallest absolute Gasteiger partial charge is 0.251 e. The molecule has 1 aromatic heterocycles. The Morgan fingerprint density at radius 3 is 2.50 bits per heavy atom. The highest BCUT2D eigenvalue weighted by Gasteiger charge is 2.25. The number of carbonyl (C=O) groups excluding carboxylic acids is 1. The van der Waals surface area contributed by atoms with Crippen LogP contribution in [0.1, 0.15) is 55.8 Å². The van der Waals surface area contributed by atoms with Crippen molar-refractivity contribution in [2.75, 3.05) is 13.7 Å². The third-order valence-electron chi connectivity index (χ3n) is 4.11. The number of likely N-dealkylation sites (N-methyl/N-ethyl adjacent to an activating group) is 1. The van der Waals surface area contributed by atoms with Crippen molar-refractivity contribution < 1.29 is 14.1 Å². The van der Waals surface area contributed by atoms with Gasteiger partial charge in [0.2, 0.25) is 5.89 Å². The number of aromatic nitrogens is 2. The maximum Gasteiger partial charge on any atom is 0.251 e. The largest absolute Gasteiger partial charge is 0.494 e. The molecule has 2 N–H and O–H groups in total. The maximum absolute atomic E-state index is 12.6. The lowest BCUT2D eigenvalue weighted by Gasteiger charge is -2.18. The fraction of sp³-hybridized carbons (Fsp3) is 0.526. The van der Waals surface area contributed by atoms with Crippen LogP contribution in [0, 0.1) is 5.92 Å². The van der Waals surface area contributed by atoms with E-state index in [1.807, 2.05) is 34.7 Å². The molecule has 2 unspecified atom stereocenters. The zero-order valence-corrected chi connectivity index (χ0v) is 16.1. The van der Waals surface area contributed by atoms with Gasteiger partial charge in [-0.3, -0.25) is 4.79 Å². The Balaban J connectivity index is 2.09. The molecule has 1 aromatic carbocycles. The molecule has 0 aliphatic carbocycles. The average molecular weight is 360 g/mol. The zero-order chi connectivity index (χ0) is 19.1. The number of hydrogen-bond donors (Lipinski definition) is 2. The van der Waals surface area contributed by atoms with Crippen LogP contribution in [0.3, 0.4) is 0 Å². The summed E-state index contributed by atoms with van der Waals surface area (Å²) in [6.45, 7) is 8.56. The molecule has 0 radical (unpaired) electrons. The molecule has 7 nitrogen and oxygen atoms in total. The summed E-state index contributed by atoms with van der Waals surface area (Å²) >= 11 is 0. The van der Waals surface area contributed by atoms with Gasteiger partial charge in [-0.1, -0.05) is 19.0 Å². The van der Waals surface area contributed by atoms with Crippen LogP contribution in [0.5, 0.6) is 5.75 Å². The van der Waals surface area contributed by atoms with E-state index in [-0.39, 0.29) is 23.9 Å². The molecular weight excluding hydrogens is 332 g/mol. The van der Waals surface area contributed by atoms with E-state index in [2.05, 4.69) is 20.8 Å². The first kappa shape index (κ1) is 19.9. The van der Waals surface area contributed by atoms with Crippen LogP contribution in [0.15, 0.2) is 28.8 Å². The van der Waals surface area contributed by atoms with Crippen molar-refractivity contribution in [3.63, 3.8) is 0 Å². The van der Waals surface area contributed by atoms with Gasteiger partial charge in [0.1, 0.15) is 11.8 Å². The Hall–Kier alpha value is -2.41. The third kappa shape index (κ3) is 5.29. The number of hydrogen-bond acceptors (Lipinski definition) is 6. The fourth-order valence-corrected chi connectivity index (χ4v) is 2.46. The van der Waals surface area contributed by atoms with E-state index in [0.29, 0.717) is 30.3 Å². The molecule has 0 aliphatic rings. The van der Waals surface area contributed by atoms with Crippen molar-refractivity contribution in [1.82, 2.24) is 20.8 Å². The van der Waals surface area contributed by atoms with Crippen LogP contribution in [0.4, 0.5) is 0 Å². The topological polar surface area (TPSA) is 89.3 Å². The second-order valence-corrected chi connectivity index (χ2v) is 6.60. The Labute approximate surface area is 154 Å². The molecule has 0 fully saturated rings. The summed E-state index contributed by atoms with van der Waals surface area (Å²) in [6.07, 6.45) is 0.664. The molecule has 2 rings (SSSR count). The van der Waals surface area contributed by atoms with Gasteiger partial charge in [0.15, 0.2) is 5.82 Å². The molecule has 0 bridgehead atoms. The summed E-state index contributed by atoms with van der Waals surface area (Å²) in [5, 5.41) is 10.2. The monoisotopic (exact) mass is 360 g/mol. The van der Waals surface area contributed by atoms with Crippen molar-refractivity contribution in [3.05, 3.63) is 41.5 Å². The fourth-order valence-electron chi connectivity index (χ4n) is 2.46. The lowest BCUT2D eigenvalue weighted by Crippen LogP contribution is -2.32. The highest BCUT2D eigenvalue weighted by Crippen LogP contribution is 2.21. The average Bonchev–Trinajstić information content (AvgIpc) is 3.08. The second kappa shape index (κ2) is 9.33. The number of rotatable bonds is 9. The first-order valence-electron chi connectivity index (χ1n) is 8.98. The molecule has 0 saturated carbocycles. The molecule has 1 amide bonds. The van der Waals surface area contributed by atoms with Crippen molar-refractivity contribution in [2.24, 2.45) is 5.92 Å². The van der Waals surface area contributed by atoms with Gasteiger partial charge in [0, 0.05) is 18.0 Å². The third-order valence-corrected chi connectivity index (χ3v) is 4.11. The second-order valence-electron chi connectivity index (χ2n) is 6.60. The first-order valence-corrected chi connectivity index (χ1v) is 8.98. The Morgan fingerprint density at radius 1 is 1.23 bits per heavy atom. The van der Waals surface area contributed by atoms with Gasteiger partial charge in [0.25, 0.3) is 5.91 Å². The van der Waals surface area contributed by atoms with Crippen LogP contribution in [-0.4, -0.2) is 35.7 Å². The van der Waals surface area contributed by atoms with Crippen LogP contribution in [0.2, 0.25) is 0 Å². The number of ether oxygens (including phenoxy) is 1. The number of nitrogens with zero attached hydrogens (tertiary/aromatic N) is 2. The van der Waals surface area contributed by atoms with E-state index in [1.54, 1.807) is 24.3 Å². The van der Waals surface area contributed by atoms with Crippen LogP contribution in [0.25, 0.3) is 0 Å².